The molecule has 5 nitrogen and oxygen atoms in total. The first kappa shape index (κ1) is 21.1. The lowest BCUT2D eigenvalue weighted by Gasteiger charge is -2.33. The van der Waals surface area contributed by atoms with Crippen molar-refractivity contribution in [3.8, 4) is 0 Å². The fourth-order valence-corrected chi connectivity index (χ4v) is 3.81. The third kappa shape index (κ3) is 6.16. The monoisotopic (exact) mass is 393 g/mol. The lowest BCUT2D eigenvalue weighted by molar-refractivity contribution is -0.133. The van der Waals surface area contributed by atoms with Gasteiger partial charge in [0.05, 0.1) is 12.5 Å². The number of benzene rings is 2. The molecule has 154 valence electrons. The molecule has 2 amide bonds. The highest BCUT2D eigenvalue weighted by atomic mass is 16.2. The number of carbonyl (C=O) groups excluding carboxylic acids is 2. The number of carbonyl (C=O) groups is 2. The van der Waals surface area contributed by atoms with Gasteiger partial charge in [-0.25, -0.2) is 0 Å². The fraction of sp³-hybridized carbons (Fsp3) is 0.417. The zero-order valence-electron chi connectivity index (χ0n) is 17.1. The van der Waals surface area contributed by atoms with Crippen LogP contribution < -0.4 is 10.6 Å². The quantitative estimate of drug-likeness (QED) is 0.723. The lowest BCUT2D eigenvalue weighted by atomic mass is 9.95. The predicted octanol–water partition coefficient (Wildman–Crippen LogP) is 3.40. The third-order valence-electron chi connectivity index (χ3n) is 5.57. The topological polar surface area (TPSA) is 61.4 Å². The molecule has 0 bridgehead atoms. The molecule has 0 unspecified atom stereocenters. The van der Waals surface area contributed by atoms with Crippen LogP contribution in [0.3, 0.4) is 0 Å². The van der Waals surface area contributed by atoms with Crippen molar-refractivity contribution >= 4 is 11.8 Å². The van der Waals surface area contributed by atoms with Crippen molar-refractivity contribution in [1.82, 2.24) is 15.5 Å². The van der Waals surface area contributed by atoms with Crippen molar-refractivity contribution in [2.24, 2.45) is 5.92 Å². The maximum Gasteiger partial charge on any atom is 0.251 e. The van der Waals surface area contributed by atoms with Crippen LogP contribution in [0.25, 0.3) is 0 Å². The van der Waals surface area contributed by atoms with Crippen LogP contribution in [0.1, 0.15) is 48.1 Å². The van der Waals surface area contributed by atoms with E-state index in [1.165, 1.54) is 0 Å². The summed E-state index contributed by atoms with van der Waals surface area (Å²) in [6.07, 6.45) is 2.34. The first-order valence-electron chi connectivity index (χ1n) is 10.6. The number of nitrogens with zero attached hydrogens (tertiary/aromatic N) is 1. The van der Waals surface area contributed by atoms with Gasteiger partial charge >= 0.3 is 0 Å². The summed E-state index contributed by atoms with van der Waals surface area (Å²) < 4.78 is 0. The summed E-state index contributed by atoms with van der Waals surface area (Å²) >= 11 is 0. The standard InChI is InChI=1S/C24H31N3O2/c1-2-25-18-19-13-15-27(16-14-19)23(28)17-22(20-9-5-3-6-10-20)26-24(29)21-11-7-4-8-12-21/h3-12,19,22,25H,2,13-18H2,1H3,(H,26,29)/t22-/m0/s1. The van der Waals surface area contributed by atoms with Crippen molar-refractivity contribution < 1.29 is 9.59 Å². The molecule has 2 N–H and O–H groups in total. The molecule has 2 aromatic rings. The summed E-state index contributed by atoms with van der Waals surface area (Å²) in [7, 11) is 0. The number of hydrogen-bond acceptors (Lipinski definition) is 3. The Kier molecular flexibility index (Phi) is 7.82. The summed E-state index contributed by atoms with van der Waals surface area (Å²) in [5.74, 6) is 0.590. The number of amides is 2. The zero-order valence-corrected chi connectivity index (χ0v) is 17.1. The summed E-state index contributed by atoms with van der Waals surface area (Å²) in [5, 5.41) is 6.46. The Labute approximate surface area is 173 Å². The van der Waals surface area contributed by atoms with Crippen LogP contribution in [0.4, 0.5) is 0 Å². The van der Waals surface area contributed by atoms with E-state index < -0.39 is 0 Å². The number of rotatable bonds is 8. The van der Waals surface area contributed by atoms with Gasteiger partial charge in [-0.15, -0.1) is 0 Å². The molecular weight excluding hydrogens is 362 g/mol. The van der Waals surface area contributed by atoms with Gasteiger partial charge < -0.3 is 15.5 Å². The predicted molar refractivity (Wildman–Crippen MR) is 116 cm³/mol. The van der Waals surface area contributed by atoms with Crippen LogP contribution in [-0.4, -0.2) is 42.9 Å². The van der Waals surface area contributed by atoms with E-state index in [4.69, 9.17) is 0 Å². The Bertz CT molecular complexity index is 771. The normalized spacial score (nSPS) is 15.7. The van der Waals surface area contributed by atoms with E-state index in [0.29, 0.717) is 11.5 Å². The SMILES string of the molecule is CCNCC1CCN(C(=O)C[C@H](NC(=O)c2ccccc2)c2ccccc2)CC1. The molecule has 1 aliphatic heterocycles. The van der Waals surface area contributed by atoms with Crippen molar-refractivity contribution in [3.05, 3.63) is 71.8 Å². The molecule has 29 heavy (non-hydrogen) atoms. The van der Waals surface area contributed by atoms with Gasteiger partial charge in [0.2, 0.25) is 5.91 Å². The molecule has 0 aliphatic carbocycles. The summed E-state index contributed by atoms with van der Waals surface area (Å²) in [6, 6.07) is 18.5. The van der Waals surface area contributed by atoms with Crippen LogP contribution in [0.2, 0.25) is 0 Å². The molecule has 1 fully saturated rings. The molecule has 3 rings (SSSR count). The van der Waals surface area contributed by atoms with E-state index in [9.17, 15) is 9.59 Å². The smallest absolute Gasteiger partial charge is 0.251 e. The number of hydrogen-bond donors (Lipinski definition) is 2. The Hall–Kier alpha value is -2.66. The Morgan fingerprint density at radius 3 is 2.24 bits per heavy atom. The second-order valence-electron chi connectivity index (χ2n) is 7.64. The molecule has 2 aromatic carbocycles. The highest BCUT2D eigenvalue weighted by molar-refractivity contribution is 5.94. The maximum atomic E-state index is 13.0. The van der Waals surface area contributed by atoms with Crippen molar-refractivity contribution in [2.75, 3.05) is 26.2 Å². The summed E-state index contributed by atoms with van der Waals surface area (Å²) in [5.41, 5.74) is 1.55. The molecule has 0 radical (unpaired) electrons. The van der Waals surface area contributed by atoms with Gasteiger partial charge in [0.25, 0.3) is 5.91 Å². The van der Waals surface area contributed by atoms with Crippen LogP contribution in [0.15, 0.2) is 60.7 Å². The first-order valence-corrected chi connectivity index (χ1v) is 10.6. The minimum Gasteiger partial charge on any atom is -0.345 e. The van der Waals surface area contributed by atoms with Crippen molar-refractivity contribution in [2.45, 2.75) is 32.2 Å². The van der Waals surface area contributed by atoms with Gasteiger partial charge in [0.15, 0.2) is 0 Å². The average molecular weight is 394 g/mol. The lowest BCUT2D eigenvalue weighted by Crippen LogP contribution is -2.42. The first-order chi connectivity index (χ1) is 14.2. The number of likely N-dealkylation sites (tertiary alicyclic amines) is 1. The van der Waals surface area contributed by atoms with Crippen LogP contribution >= 0.6 is 0 Å². The average Bonchev–Trinajstić information content (AvgIpc) is 2.78. The maximum absolute atomic E-state index is 13.0. The van der Waals surface area contributed by atoms with Crippen LogP contribution in [-0.2, 0) is 4.79 Å². The number of nitrogens with one attached hydrogen (secondary N) is 2. The highest BCUT2D eigenvalue weighted by Gasteiger charge is 2.26. The van der Waals surface area contributed by atoms with E-state index in [0.717, 1.165) is 44.6 Å². The van der Waals surface area contributed by atoms with Crippen LogP contribution in [0.5, 0.6) is 0 Å². The van der Waals surface area contributed by atoms with Crippen molar-refractivity contribution in [1.29, 1.82) is 0 Å². The van der Waals surface area contributed by atoms with E-state index in [-0.39, 0.29) is 24.3 Å². The molecule has 0 aromatic heterocycles. The van der Waals surface area contributed by atoms with Gasteiger partial charge in [-0.3, -0.25) is 9.59 Å². The molecule has 1 saturated heterocycles. The van der Waals surface area contributed by atoms with Gasteiger partial charge in [-0.2, -0.15) is 0 Å². The molecule has 1 atom stereocenters. The van der Waals surface area contributed by atoms with Gasteiger partial charge in [0.1, 0.15) is 0 Å². The Morgan fingerprint density at radius 2 is 1.62 bits per heavy atom. The van der Waals surface area contributed by atoms with Crippen molar-refractivity contribution in [3.63, 3.8) is 0 Å². The van der Waals surface area contributed by atoms with E-state index in [2.05, 4.69) is 17.6 Å². The third-order valence-corrected chi connectivity index (χ3v) is 5.57. The molecule has 5 heteroatoms. The molecule has 1 heterocycles. The Morgan fingerprint density at radius 1 is 1.00 bits per heavy atom. The van der Waals surface area contributed by atoms with Gasteiger partial charge in [0, 0.05) is 18.7 Å². The molecule has 1 aliphatic rings. The Balaban J connectivity index is 1.63. The second-order valence-corrected chi connectivity index (χ2v) is 7.64. The van der Waals surface area contributed by atoms with E-state index in [1.807, 2.05) is 53.4 Å². The second kappa shape index (κ2) is 10.8. The minimum absolute atomic E-state index is 0.106. The molecule has 0 saturated carbocycles. The van der Waals surface area contributed by atoms with Gasteiger partial charge in [-0.05, 0) is 49.5 Å². The van der Waals surface area contributed by atoms with Gasteiger partial charge in [-0.1, -0.05) is 55.5 Å². The van der Waals surface area contributed by atoms with E-state index in [1.54, 1.807) is 12.1 Å². The largest absolute Gasteiger partial charge is 0.345 e. The zero-order chi connectivity index (χ0) is 20.5. The fourth-order valence-electron chi connectivity index (χ4n) is 3.81. The molecular formula is C24H31N3O2. The summed E-state index contributed by atoms with van der Waals surface area (Å²) in [6.45, 7) is 5.72. The molecule has 0 spiro atoms. The highest BCUT2D eigenvalue weighted by Crippen LogP contribution is 2.22. The summed E-state index contributed by atoms with van der Waals surface area (Å²) in [4.78, 5) is 27.6. The van der Waals surface area contributed by atoms with Crippen LogP contribution in [0, 0.1) is 5.92 Å². The van der Waals surface area contributed by atoms with E-state index >= 15 is 0 Å². The number of piperidine rings is 1. The minimum atomic E-state index is -0.337.